The van der Waals surface area contributed by atoms with E-state index in [0.29, 0.717) is 36.9 Å². The van der Waals surface area contributed by atoms with E-state index in [2.05, 4.69) is 21.0 Å². The molecule has 1 fully saturated rings. The second kappa shape index (κ2) is 15.2. The molecule has 11 heteroatoms. The van der Waals surface area contributed by atoms with E-state index in [9.17, 15) is 14.0 Å². The molecule has 5 aromatic rings. The van der Waals surface area contributed by atoms with Crippen LogP contribution >= 0.6 is 0 Å². The number of amides is 1. The topological polar surface area (TPSA) is 101 Å². The first-order chi connectivity index (χ1) is 25.5. The van der Waals surface area contributed by atoms with Crippen molar-refractivity contribution in [2.45, 2.75) is 39.2 Å². The summed E-state index contributed by atoms with van der Waals surface area (Å²) < 4.78 is 29.6. The van der Waals surface area contributed by atoms with E-state index in [1.807, 2.05) is 87.5 Å². The van der Waals surface area contributed by atoms with Gasteiger partial charge in [-0.25, -0.2) is 14.0 Å². The molecule has 7 rings (SSSR count). The number of hydrogen-bond acceptors (Lipinski definition) is 9. The number of halogens is 1. The van der Waals surface area contributed by atoms with Crippen molar-refractivity contribution in [3.05, 3.63) is 107 Å². The van der Waals surface area contributed by atoms with Gasteiger partial charge in [0.05, 0.1) is 12.7 Å². The highest BCUT2D eigenvalue weighted by Gasteiger charge is 2.26. The van der Waals surface area contributed by atoms with Gasteiger partial charge < -0.3 is 23.8 Å². The number of fused-ring (bicyclic) bond motifs is 1. The maximum absolute atomic E-state index is 13.2. The number of carbonyl (C=O) groups is 2. The predicted molar refractivity (Wildman–Crippen MR) is 203 cm³/mol. The number of hydrogen-bond donors (Lipinski definition) is 0. The van der Waals surface area contributed by atoms with E-state index in [1.165, 1.54) is 19.2 Å². The van der Waals surface area contributed by atoms with Gasteiger partial charge in [-0.1, -0.05) is 59.8 Å². The maximum Gasteiger partial charge on any atom is 0.410 e. The lowest BCUT2D eigenvalue weighted by atomic mass is 9.91. The van der Waals surface area contributed by atoms with E-state index in [1.54, 1.807) is 4.90 Å². The molecule has 1 amide bonds. The van der Waals surface area contributed by atoms with E-state index in [4.69, 9.17) is 19.0 Å². The van der Waals surface area contributed by atoms with Crippen molar-refractivity contribution in [3.63, 3.8) is 0 Å². The van der Waals surface area contributed by atoms with E-state index < -0.39 is 11.6 Å². The van der Waals surface area contributed by atoms with Gasteiger partial charge in [0.2, 0.25) is 5.82 Å². The number of nitrogens with zero attached hydrogens (tertiary/aromatic N) is 5. The highest BCUT2D eigenvalue weighted by atomic mass is 19.1. The summed E-state index contributed by atoms with van der Waals surface area (Å²) in [4.78, 5) is 36.4. The Bertz CT molecular complexity index is 2130. The normalized spacial score (nSPS) is 15.4. The van der Waals surface area contributed by atoms with Crippen LogP contribution in [-0.4, -0.2) is 90.5 Å². The minimum atomic E-state index is -0.571. The van der Waals surface area contributed by atoms with Crippen LogP contribution in [0.4, 0.5) is 15.2 Å². The van der Waals surface area contributed by atoms with Crippen molar-refractivity contribution < 1.29 is 28.0 Å². The van der Waals surface area contributed by atoms with Crippen molar-refractivity contribution >= 4 is 34.4 Å². The smallest absolute Gasteiger partial charge is 0.410 e. The van der Waals surface area contributed by atoms with Gasteiger partial charge in [-0.15, -0.1) is 0 Å². The number of carbonyl (C=O) groups excluding carboxylic acids is 2. The van der Waals surface area contributed by atoms with Gasteiger partial charge in [-0.2, -0.15) is 4.98 Å². The van der Waals surface area contributed by atoms with Crippen LogP contribution in [0.2, 0.25) is 0 Å². The number of benzene rings is 4. The summed E-state index contributed by atoms with van der Waals surface area (Å²) in [7, 11) is 1.39. The average Bonchev–Trinajstić information content (AvgIpc) is 3.67. The third-order valence-corrected chi connectivity index (χ3v) is 9.75. The molecule has 0 radical (unpaired) electrons. The number of ether oxygens (including phenoxy) is 2. The van der Waals surface area contributed by atoms with Crippen molar-refractivity contribution in [1.29, 1.82) is 0 Å². The van der Waals surface area contributed by atoms with Gasteiger partial charge in [0.25, 0.3) is 0 Å². The fourth-order valence-corrected chi connectivity index (χ4v) is 6.80. The second-order valence-corrected chi connectivity index (χ2v) is 14.5. The third kappa shape index (κ3) is 8.41. The molecule has 2 aliphatic heterocycles. The molecule has 0 unspecified atom stereocenters. The first-order valence-corrected chi connectivity index (χ1v) is 18.0. The molecule has 3 heterocycles. The molecular formula is C42H44FN5O5. The van der Waals surface area contributed by atoms with Crippen molar-refractivity contribution in [2.24, 2.45) is 0 Å². The third-order valence-electron chi connectivity index (χ3n) is 9.75. The summed E-state index contributed by atoms with van der Waals surface area (Å²) in [6, 6.07) is 25.4. The Hall–Kier alpha value is -5.55. The quantitative estimate of drug-likeness (QED) is 0.149. The average molecular weight is 718 g/mol. The molecule has 53 heavy (non-hydrogen) atoms. The summed E-state index contributed by atoms with van der Waals surface area (Å²) >= 11 is 0. The first kappa shape index (κ1) is 35.8. The Balaban J connectivity index is 1.03. The molecule has 2 aliphatic rings. The number of aromatic nitrogens is 2. The van der Waals surface area contributed by atoms with Crippen LogP contribution in [0.5, 0.6) is 0 Å². The summed E-state index contributed by atoms with van der Waals surface area (Å²) in [6.07, 6.45) is 3.11. The molecule has 1 aromatic heterocycles. The zero-order valence-corrected chi connectivity index (χ0v) is 30.6. The summed E-state index contributed by atoms with van der Waals surface area (Å²) in [5.41, 5.74) is 5.77. The van der Waals surface area contributed by atoms with E-state index in [-0.39, 0.29) is 11.9 Å². The molecule has 0 atom stereocenters. The largest absolute Gasteiger partial charge is 0.465 e. The lowest BCUT2D eigenvalue weighted by Crippen LogP contribution is -2.47. The van der Waals surface area contributed by atoms with Crippen LogP contribution in [0.1, 0.15) is 48.7 Å². The van der Waals surface area contributed by atoms with Gasteiger partial charge >= 0.3 is 18.1 Å². The number of piperazine rings is 1. The zero-order valence-electron chi connectivity index (χ0n) is 30.6. The minimum Gasteiger partial charge on any atom is -0.465 e. The zero-order chi connectivity index (χ0) is 37.1. The Kier molecular flexibility index (Phi) is 10.3. The van der Waals surface area contributed by atoms with Crippen LogP contribution in [0.3, 0.4) is 0 Å². The maximum atomic E-state index is 13.2. The predicted octanol–water partition coefficient (Wildman–Crippen LogP) is 7.87. The first-order valence-electron chi connectivity index (χ1n) is 18.0. The van der Waals surface area contributed by atoms with Crippen molar-refractivity contribution in [1.82, 2.24) is 19.9 Å². The van der Waals surface area contributed by atoms with Gasteiger partial charge in [0.15, 0.2) is 0 Å². The Morgan fingerprint density at radius 1 is 0.849 bits per heavy atom. The fraction of sp³-hybridized carbons (Fsp3) is 0.333. The van der Waals surface area contributed by atoms with Crippen LogP contribution < -0.4 is 4.90 Å². The van der Waals surface area contributed by atoms with E-state index >= 15 is 0 Å². The molecule has 0 N–H and O–H groups in total. The van der Waals surface area contributed by atoms with Gasteiger partial charge in [-0.3, -0.25) is 4.90 Å². The monoisotopic (exact) mass is 717 g/mol. The molecule has 0 saturated carbocycles. The highest BCUT2D eigenvalue weighted by molar-refractivity contribution is 6.02. The number of rotatable bonds is 8. The summed E-state index contributed by atoms with van der Waals surface area (Å²) in [5, 5.41) is 6.19. The van der Waals surface area contributed by atoms with Crippen LogP contribution in [0, 0.1) is 5.82 Å². The molecule has 274 valence electrons. The van der Waals surface area contributed by atoms with Crippen LogP contribution in [0.15, 0.2) is 89.5 Å². The number of esters is 1. The molecule has 10 nitrogen and oxygen atoms in total. The van der Waals surface area contributed by atoms with E-state index in [0.717, 1.165) is 83.3 Å². The van der Waals surface area contributed by atoms with Gasteiger partial charge in [-0.05, 0) is 103 Å². The minimum absolute atomic E-state index is 0.208. The molecule has 0 aliphatic carbocycles. The fourth-order valence-electron chi connectivity index (χ4n) is 6.80. The van der Waals surface area contributed by atoms with Crippen LogP contribution in [-0.2, 0) is 15.9 Å². The SMILES string of the molecule is COC(=O)c1cc2ccc(-c3ccc(-c4noc(N5CCN(CCc6ccc(F)cc6)CC5)n4)cc3)cc2cc1C1=CCN(C(=O)OC(C)(C)C)CC1. The van der Waals surface area contributed by atoms with Crippen molar-refractivity contribution in [2.75, 3.05) is 57.8 Å². The number of methoxy groups -OCH3 is 1. The molecule has 1 saturated heterocycles. The Labute approximate surface area is 308 Å². The molecular weight excluding hydrogens is 673 g/mol. The Morgan fingerprint density at radius 3 is 2.25 bits per heavy atom. The highest BCUT2D eigenvalue weighted by Crippen LogP contribution is 2.33. The number of anilines is 1. The second-order valence-electron chi connectivity index (χ2n) is 14.5. The molecule has 4 aromatic carbocycles. The Morgan fingerprint density at radius 2 is 1.57 bits per heavy atom. The van der Waals surface area contributed by atoms with Crippen molar-refractivity contribution in [3.8, 4) is 22.5 Å². The summed E-state index contributed by atoms with van der Waals surface area (Å²) in [6.45, 7) is 10.7. The standard InChI is InChI=1S/C42H44FN5O5/c1-42(2,3)52-41(50)48-19-16-30(17-20-48)36-27-34-25-32(11-12-33(34)26-37(36)39(49)51-4)29-7-9-31(10-8-29)38-44-40(53-45-38)47-23-21-46(22-24-47)18-15-28-5-13-35(43)14-6-28/h5-14,16,25-27H,15,17-24H2,1-4H3. The lowest BCUT2D eigenvalue weighted by molar-refractivity contribution is 0.0270. The lowest BCUT2D eigenvalue weighted by Gasteiger charge is -2.33. The molecule has 0 spiro atoms. The van der Waals surface area contributed by atoms with Crippen LogP contribution in [0.25, 0.3) is 38.9 Å². The summed E-state index contributed by atoms with van der Waals surface area (Å²) in [5.74, 6) is -0.0722. The molecule has 0 bridgehead atoms. The van der Waals surface area contributed by atoms with Gasteiger partial charge in [0, 0.05) is 51.4 Å². The van der Waals surface area contributed by atoms with Gasteiger partial charge in [0.1, 0.15) is 11.4 Å².